The quantitative estimate of drug-likeness (QED) is 0.727. The van der Waals surface area contributed by atoms with Crippen LogP contribution in [0.1, 0.15) is 6.42 Å². The number of fused-ring (bicyclic) bond motifs is 1. The van der Waals surface area contributed by atoms with Crippen LogP contribution >= 0.6 is 0 Å². The lowest BCUT2D eigenvalue weighted by Crippen LogP contribution is -2.34. The Morgan fingerprint density at radius 1 is 1.04 bits per heavy atom. The van der Waals surface area contributed by atoms with Gasteiger partial charge in [0.25, 0.3) is 0 Å². The number of halogens is 1. The Morgan fingerprint density at radius 3 is 2.68 bits per heavy atom. The van der Waals surface area contributed by atoms with E-state index in [1.54, 1.807) is 24.4 Å². The van der Waals surface area contributed by atoms with Crippen LogP contribution in [0.4, 0.5) is 4.39 Å². The molecule has 0 radical (unpaired) electrons. The molecule has 2 heterocycles. The first-order valence-corrected chi connectivity index (χ1v) is 10.5. The molecule has 0 unspecified atom stereocenters. The maximum absolute atomic E-state index is 13.4. The molecule has 3 aromatic rings. The number of pyridine rings is 1. The minimum absolute atomic E-state index is 0.186. The van der Waals surface area contributed by atoms with Gasteiger partial charge in [0.05, 0.1) is 11.1 Å². The Morgan fingerprint density at radius 2 is 1.86 bits per heavy atom. The second kappa shape index (κ2) is 7.83. The fourth-order valence-electron chi connectivity index (χ4n) is 3.29. The van der Waals surface area contributed by atoms with Crippen molar-refractivity contribution in [3.05, 3.63) is 60.7 Å². The maximum Gasteiger partial charge on any atom is 0.243 e. The maximum atomic E-state index is 13.4. The average Bonchev–Trinajstić information content (AvgIpc) is 3.00. The molecule has 2 aromatic carbocycles. The summed E-state index contributed by atoms with van der Waals surface area (Å²) in [7, 11) is -3.71. The van der Waals surface area contributed by atoms with Crippen molar-refractivity contribution >= 4 is 20.8 Å². The number of rotatable bonds is 4. The van der Waals surface area contributed by atoms with Crippen LogP contribution in [0.2, 0.25) is 0 Å². The number of nitrogens with one attached hydrogen (secondary N) is 1. The zero-order chi connectivity index (χ0) is 19.6. The van der Waals surface area contributed by atoms with Gasteiger partial charge >= 0.3 is 0 Å². The summed E-state index contributed by atoms with van der Waals surface area (Å²) in [6, 6.07) is 10.6. The molecule has 1 aliphatic rings. The van der Waals surface area contributed by atoms with Crippen LogP contribution in [0.3, 0.4) is 0 Å². The van der Waals surface area contributed by atoms with Crippen molar-refractivity contribution in [1.29, 1.82) is 0 Å². The van der Waals surface area contributed by atoms with E-state index in [-0.39, 0.29) is 10.7 Å². The van der Waals surface area contributed by atoms with E-state index < -0.39 is 10.0 Å². The van der Waals surface area contributed by atoms with Crippen LogP contribution in [0.25, 0.3) is 10.8 Å². The second-order valence-electron chi connectivity index (χ2n) is 6.56. The predicted octanol–water partition coefficient (Wildman–Crippen LogP) is 3.15. The van der Waals surface area contributed by atoms with Crippen molar-refractivity contribution < 1.29 is 17.5 Å². The van der Waals surface area contributed by atoms with E-state index in [0.717, 1.165) is 13.0 Å². The minimum Gasteiger partial charge on any atom is -0.455 e. The van der Waals surface area contributed by atoms with Gasteiger partial charge in [-0.25, -0.2) is 12.8 Å². The van der Waals surface area contributed by atoms with Crippen molar-refractivity contribution in [2.45, 2.75) is 11.3 Å². The van der Waals surface area contributed by atoms with Crippen LogP contribution in [-0.4, -0.2) is 43.9 Å². The number of ether oxygens (including phenoxy) is 1. The van der Waals surface area contributed by atoms with Crippen molar-refractivity contribution in [3.63, 3.8) is 0 Å². The molecule has 0 atom stereocenters. The molecule has 1 fully saturated rings. The lowest BCUT2D eigenvalue weighted by molar-refractivity contribution is 0.432. The number of hydrogen-bond acceptors (Lipinski definition) is 5. The lowest BCUT2D eigenvalue weighted by Gasteiger charge is -2.21. The summed E-state index contributed by atoms with van der Waals surface area (Å²) in [4.78, 5) is 4.35. The molecule has 28 heavy (non-hydrogen) atoms. The first-order valence-electron chi connectivity index (χ1n) is 9.07. The van der Waals surface area contributed by atoms with Crippen molar-refractivity contribution in [2.75, 3.05) is 26.2 Å². The van der Waals surface area contributed by atoms with Crippen LogP contribution in [0.15, 0.2) is 59.8 Å². The summed E-state index contributed by atoms with van der Waals surface area (Å²) in [5.41, 5.74) is 0. The summed E-state index contributed by atoms with van der Waals surface area (Å²) < 4.78 is 47.3. The molecular weight excluding hydrogens is 381 g/mol. The molecule has 0 bridgehead atoms. The Bertz CT molecular complexity index is 1070. The zero-order valence-corrected chi connectivity index (χ0v) is 16.0. The third-order valence-electron chi connectivity index (χ3n) is 4.67. The number of hydrogen-bond donors (Lipinski definition) is 1. The lowest BCUT2D eigenvalue weighted by atomic mass is 10.1. The number of aromatic nitrogens is 1. The summed E-state index contributed by atoms with van der Waals surface area (Å²) >= 11 is 0. The molecule has 0 saturated carbocycles. The third-order valence-corrected chi connectivity index (χ3v) is 6.61. The van der Waals surface area contributed by atoms with E-state index in [4.69, 9.17) is 4.74 Å². The van der Waals surface area contributed by atoms with Gasteiger partial charge in [-0.1, -0.05) is 12.1 Å². The van der Waals surface area contributed by atoms with Crippen molar-refractivity contribution in [1.82, 2.24) is 14.6 Å². The molecule has 1 saturated heterocycles. The van der Waals surface area contributed by atoms with Gasteiger partial charge in [0.1, 0.15) is 11.6 Å². The zero-order valence-electron chi connectivity index (χ0n) is 15.1. The first kappa shape index (κ1) is 18.8. The monoisotopic (exact) mass is 401 g/mol. The molecule has 0 spiro atoms. The minimum atomic E-state index is -3.71. The average molecular weight is 401 g/mol. The van der Waals surface area contributed by atoms with Crippen LogP contribution in [0, 0.1) is 5.82 Å². The van der Waals surface area contributed by atoms with Crippen LogP contribution in [0.5, 0.6) is 11.5 Å². The summed E-state index contributed by atoms with van der Waals surface area (Å²) in [5.74, 6) is 0.347. The Labute approximate surface area is 163 Å². The van der Waals surface area contributed by atoms with Gasteiger partial charge < -0.3 is 10.1 Å². The van der Waals surface area contributed by atoms with E-state index in [1.165, 1.54) is 34.8 Å². The van der Waals surface area contributed by atoms with E-state index in [0.29, 0.717) is 41.9 Å². The summed E-state index contributed by atoms with van der Waals surface area (Å²) in [5, 5.41) is 4.35. The number of nitrogens with zero attached hydrogens (tertiary/aromatic N) is 2. The molecule has 0 amide bonds. The highest BCUT2D eigenvalue weighted by molar-refractivity contribution is 7.89. The molecule has 146 valence electrons. The molecule has 4 rings (SSSR count). The highest BCUT2D eigenvalue weighted by atomic mass is 32.2. The molecule has 6 nitrogen and oxygen atoms in total. The highest BCUT2D eigenvalue weighted by Crippen LogP contribution is 2.35. The van der Waals surface area contributed by atoms with Crippen molar-refractivity contribution in [3.8, 4) is 11.5 Å². The predicted molar refractivity (Wildman–Crippen MR) is 104 cm³/mol. The summed E-state index contributed by atoms with van der Waals surface area (Å²) in [6.07, 6.45) is 3.84. The Hall–Kier alpha value is -2.55. The fraction of sp³-hybridized carbons (Fsp3) is 0.250. The number of sulfonamides is 1. The Balaban J connectivity index is 1.81. The smallest absolute Gasteiger partial charge is 0.243 e. The molecule has 1 aliphatic heterocycles. The third kappa shape index (κ3) is 3.71. The van der Waals surface area contributed by atoms with Crippen molar-refractivity contribution in [2.24, 2.45) is 0 Å². The van der Waals surface area contributed by atoms with E-state index in [9.17, 15) is 12.8 Å². The van der Waals surface area contributed by atoms with E-state index in [2.05, 4.69) is 10.3 Å². The van der Waals surface area contributed by atoms with Gasteiger partial charge in [-0.15, -0.1) is 0 Å². The van der Waals surface area contributed by atoms with Gasteiger partial charge in [0.2, 0.25) is 10.0 Å². The normalized spacial score (nSPS) is 16.0. The highest BCUT2D eigenvalue weighted by Gasteiger charge is 2.28. The molecule has 0 aliphatic carbocycles. The SMILES string of the molecule is O=S(=O)(c1cccc2cncc(Oc3ccc(F)cc3)c12)N1CCCNCC1. The van der Waals surface area contributed by atoms with Gasteiger partial charge in [-0.05, 0) is 43.3 Å². The van der Waals surface area contributed by atoms with Gasteiger partial charge in [-0.3, -0.25) is 4.98 Å². The van der Waals surface area contributed by atoms with E-state index in [1.807, 2.05) is 0 Å². The fourth-order valence-corrected chi connectivity index (χ4v) is 5.00. The standard InChI is InChI=1S/C20H20FN3O3S/c21-16-5-7-17(8-6-16)27-18-14-23-13-15-3-1-4-19(20(15)18)28(25,26)24-11-2-9-22-10-12-24/h1,3-8,13-14,22H,2,9-12H2. The Kier molecular flexibility index (Phi) is 5.25. The number of benzene rings is 2. The first-order chi connectivity index (χ1) is 13.6. The summed E-state index contributed by atoms with van der Waals surface area (Å²) in [6.45, 7) is 2.29. The van der Waals surface area contributed by atoms with Gasteiger partial charge in [0.15, 0.2) is 5.75 Å². The molecule has 1 N–H and O–H groups in total. The van der Waals surface area contributed by atoms with Crippen LogP contribution < -0.4 is 10.1 Å². The van der Waals surface area contributed by atoms with Gasteiger partial charge in [0, 0.05) is 36.6 Å². The second-order valence-corrected chi connectivity index (χ2v) is 8.46. The van der Waals surface area contributed by atoms with E-state index >= 15 is 0 Å². The molecule has 8 heteroatoms. The topological polar surface area (TPSA) is 71.5 Å². The van der Waals surface area contributed by atoms with Crippen LogP contribution in [-0.2, 0) is 10.0 Å². The largest absolute Gasteiger partial charge is 0.455 e. The molecular formula is C20H20FN3O3S. The van der Waals surface area contributed by atoms with Gasteiger partial charge in [-0.2, -0.15) is 4.31 Å². The molecule has 1 aromatic heterocycles.